The molecule has 0 spiro atoms. The fraction of sp³-hybridized carbons (Fsp3) is 0.188. The van der Waals surface area contributed by atoms with E-state index in [-0.39, 0.29) is 28.1 Å². The van der Waals surface area contributed by atoms with Crippen molar-refractivity contribution in [1.82, 2.24) is 5.32 Å². The zero-order chi connectivity index (χ0) is 15.0. The number of hydrogen-bond donors (Lipinski definition) is 2. The third-order valence-corrected chi connectivity index (χ3v) is 4.37. The topological polar surface area (TPSA) is 49.3 Å². The molecule has 0 radical (unpaired) electrons. The largest absolute Gasteiger partial charge is 0.506 e. The minimum Gasteiger partial charge on any atom is -0.506 e. The van der Waals surface area contributed by atoms with Crippen LogP contribution in [0.4, 0.5) is 0 Å². The van der Waals surface area contributed by atoms with Gasteiger partial charge >= 0.3 is 0 Å². The van der Waals surface area contributed by atoms with E-state index in [1.54, 1.807) is 0 Å². The molecule has 1 aliphatic carbocycles. The number of hydrogen-bond acceptors (Lipinski definition) is 2. The molecule has 0 aromatic heterocycles. The number of nitrogens with one attached hydrogen (secondary N) is 1. The van der Waals surface area contributed by atoms with Crippen molar-refractivity contribution in [1.29, 1.82) is 0 Å². The van der Waals surface area contributed by atoms with E-state index in [2.05, 4.69) is 5.32 Å². The number of aromatic hydroxyl groups is 1. The van der Waals surface area contributed by atoms with Gasteiger partial charge in [-0.05, 0) is 35.7 Å². The van der Waals surface area contributed by atoms with Crippen LogP contribution in [0.25, 0.3) is 0 Å². The highest BCUT2D eigenvalue weighted by molar-refractivity contribution is 6.32. The van der Waals surface area contributed by atoms with E-state index in [4.69, 9.17) is 23.2 Å². The van der Waals surface area contributed by atoms with Gasteiger partial charge in [0, 0.05) is 5.56 Å². The number of halogens is 2. The minimum atomic E-state index is -0.260. The first kappa shape index (κ1) is 14.2. The molecule has 2 aromatic carbocycles. The molecular weight excluding hydrogens is 309 g/mol. The van der Waals surface area contributed by atoms with Crippen LogP contribution in [0.5, 0.6) is 5.75 Å². The zero-order valence-electron chi connectivity index (χ0n) is 11.0. The highest BCUT2D eigenvalue weighted by atomic mass is 35.5. The lowest BCUT2D eigenvalue weighted by atomic mass is 10.1. The van der Waals surface area contributed by atoms with Gasteiger partial charge in [-0.3, -0.25) is 4.79 Å². The van der Waals surface area contributed by atoms with Gasteiger partial charge in [0.05, 0.1) is 16.4 Å². The van der Waals surface area contributed by atoms with Crippen molar-refractivity contribution >= 4 is 29.1 Å². The van der Waals surface area contributed by atoms with Crippen molar-refractivity contribution in [2.24, 2.45) is 0 Å². The summed E-state index contributed by atoms with van der Waals surface area (Å²) < 4.78 is 0. The molecule has 2 aromatic rings. The second-order valence-corrected chi connectivity index (χ2v) is 6.00. The van der Waals surface area contributed by atoms with Gasteiger partial charge in [-0.25, -0.2) is 0 Å². The second-order valence-electron chi connectivity index (χ2n) is 5.04. The average Bonchev–Trinajstić information content (AvgIpc) is 2.78. The van der Waals surface area contributed by atoms with Crippen LogP contribution >= 0.6 is 23.2 Å². The molecule has 0 bridgehead atoms. The molecule has 2 unspecified atom stereocenters. The highest BCUT2D eigenvalue weighted by Gasteiger charge is 2.32. The average molecular weight is 322 g/mol. The van der Waals surface area contributed by atoms with Crippen molar-refractivity contribution in [2.45, 2.75) is 17.8 Å². The Balaban J connectivity index is 1.83. The van der Waals surface area contributed by atoms with E-state index in [9.17, 15) is 9.90 Å². The number of phenolic OH excluding ortho intramolecular Hbond substituents is 1. The van der Waals surface area contributed by atoms with Gasteiger partial charge in [0.1, 0.15) is 5.75 Å². The lowest BCUT2D eigenvalue weighted by molar-refractivity contribution is 0.0937. The lowest BCUT2D eigenvalue weighted by Gasteiger charge is -2.17. The fourth-order valence-electron chi connectivity index (χ4n) is 2.59. The number of rotatable bonds is 2. The van der Waals surface area contributed by atoms with Gasteiger partial charge in [0.25, 0.3) is 5.91 Å². The molecule has 1 aliphatic rings. The molecule has 3 nitrogen and oxygen atoms in total. The van der Waals surface area contributed by atoms with Crippen LogP contribution in [-0.2, 0) is 6.42 Å². The highest BCUT2D eigenvalue weighted by Crippen LogP contribution is 2.35. The molecule has 0 fully saturated rings. The Hall–Kier alpha value is -1.71. The predicted octanol–water partition coefficient (Wildman–Crippen LogP) is 3.68. The van der Waals surface area contributed by atoms with E-state index in [0.717, 1.165) is 17.5 Å². The lowest BCUT2D eigenvalue weighted by Crippen LogP contribution is -2.31. The molecule has 0 aliphatic heterocycles. The molecule has 1 amide bonds. The molecule has 21 heavy (non-hydrogen) atoms. The number of fused-ring (bicyclic) bond motifs is 1. The molecular formula is C16H13Cl2NO2. The monoisotopic (exact) mass is 321 g/mol. The summed E-state index contributed by atoms with van der Waals surface area (Å²) in [4.78, 5) is 12.3. The van der Waals surface area contributed by atoms with Crippen molar-refractivity contribution in [2.75, 3.05) is 0 Å². The Morgan fingerprint density at radius 3 is 2.76 bits per heavy atom. The van der Waals surface area contributed by atoms with Crippen molar-refractivity contribution < 1.29 is 9.90 Å². The molecule has 2 atom stereocenters. The maximum Gasteiger partial charge on any atom is 0.251 e. The summed E-state index contributed by atoms with van der Waals surface area (Å²) in [6, 6.07) is 12.1. The van der Waals surface area contributed by atoms with Crippen LogP contribution in [0, 0.1) is 0 Å². The number of amides is 1. The Labute approximate surface area is 132 Å². The second kappa shape index (κ2) is 5.58. The normalized spacial score (nSPS) is 20.1. The summed E-state index contributed by atoms with van der Waals surface area (Å²) in [6.07, 6.45) is 0.735. The Morgan fingerprint density at radius 1 is 1.24 bits per heavy atom. The number of phenols is 1. The zero-order valence-corrected chi connectivity index (χ0v) is 12.5. The fourth-order valence-corrected chi connectivity index (χ4v) is 3.13. The smallest absolute Gasteiger partial charge is 0.251 e. The van der Waals surface area contributed by atoms with Crippen LogP contribution in [0.15, 0.2) is 42.5 Å². The first-order valence-corrected chi connectivity index (χ1v) is 7.39. The molecule has 0 saturated carbocycles. The molecule has 2 N–H and O–H groups in total. The third-order valence-electron chi connectivity index (χ3n) is 3.66. The Bertz CT molecular complexity index is 702. The predicted molar refractivity (Wildman–Crippen MR) is 83.1 cm³/mol. The molecule has 0 heterocycles. The minimum absolute atomic E-state index is 0.0466. The van der Waals surface area contributed by atoms with Crippen molar-refractivity contribution in [3.05, 3.63) is 64.2 Å². The first-order valence-electron chi connectivity index (χ1n) is 6.57. The molecule has 3 rings (SSSR count). The number of carbonyl (C=O) groups is 1. The van der Waals surface area contributed by atoms with Crippen LogP contribution in [-0.4, -0.2) is 16.4 Å². The van der Waals surface area contributed by atoms with Crippen molar-refractivity contribution in [3.63, 3.8) is 0 Å². The number of alkyl halides is 1. The maximum absolute atomic E-state index is 12.3. The van der Waals surface area contributed by atoms with E-state index in [0.29, 0.717) is 5.56 Å². The third kappa shape index (κ3) is 2.71. The van der Waals surface area contributed by atoms with Gasteiger partial charge in [0.15, 0.2) is 0 Å². The van der Waals surface area contributed by atoms with Gasteiger partial charge < -0.3 is 10.4 Å². The quantitative estimate of drug-likeness (QED) is 0.829. The van der Waals surface area contributed by atoms with Crippen LogP contribution in [0.3, 0.4) is 0 Å². The van der Waals surface area contributed by atoms with Crippen LogP contribution in [0.1, 0.15) is 27.5 Å². The van der Waals surface area contributed by atoms with Crippen LogP contribution in [0.2, 0.25) is 5.02 Å². The standard InChI is InChI=1S/C16H13Cl2NO2/c17-12-8-10(5-6-14(12)20)16(21)19-15-11-4-2-1-3-9(11)7-13(15)18/h1-6,8,13,15,20H,7H2,(H,19,21). The van der Waals surface area contributed by atoms with Crippen molar-refractivity contribution in [3.8, 4) is 5.75 Å². The van der Waals surface area contributed by atoms with Crippen LogP contribution < -0.4 is 5.32 Å². The van der Waals surface area contributed by atoms with Gasteiger partial charge in [-0.2, -0.15) is 0 Å². The summed E-state index contributed by atoms with van der Waals surface area (Å²) in [5.74, 6) is -0.307. The number of benzene rings is 2. The first-order chi connectivity index (χ1) is 10.1. The van der Waals surface area contributed by atoms with Gasteiger partial charge in [-0.15, -0.1) is 11.6 Å². The molecule has 108 valence electrons. The maximum atomic E-state index is 12.3. The molecule has 5 heteroatoms. The summed E-state index contributed by atoms with van der Waals surface area (Å²) in [5, 5.41) is 12.3. The summed E-state index contributed by atoms with van der Waals surface area (Å²) in [6.45, 7) is 0. The van der Waals surface area contributed by atoms with Gasteiger partial charge in [0.2, 0.25) is 0 Å². The van der Waals surface area contributed by atoms with E-state index < -0.39 is 0 Å². The van der Waals surface area contributed by atoms with E-state index >= 15 is 0 Å². The van der Waals surface area contributed by atoms with E-state index in [1.807, 2.05) is 24.3 Å². The SMILES string of the molecule is O=C(NC1c2ccccc2CC1Cl)c1ccc(O)c(Cl)c1. The van der Waals surface area contributed by atoms with Gasteiger partial charge in [-0.1, -0.05) is 35.9 Å². The summed E-state index contributed by atoms with van der Waals surface area (Å²) in [7, 11) is 0. The van der Waals surface area contributed by atoms with E-state index in [1.165, 1.54) is 18.2 Å². The molecule has 0 saturated heterocycles. The summed E-state index contributed by atoms with van der Waals surface area (Å²) >= 11 is 12.2. The number of carbonyl (C=O) groups excluding carboxylic acids is 1. The summed E-state index contributed by atoms with van der Waals surface area (Å²) in [5.41, 5.74) is 2.60. The Morgan fingerprint density at radius 2 is 2.00 bits per heavy atom. The Kier molecular flexibility index (Phi) is 3.79.